The Balaban J connectivity index is 1.53. The third kappa shape index (κ3) is 5.44. The molecule has 1 aromatic carbocycles. The van der Waals surface area contributed by atoms with Crippen LogP contribution in [0.4, 0.5) is 0 Å². The van der Waals surface area contributed by atoms with Gasteiger partial charge in [-0.15, -0.1) is 0 Å². The topological polar surface area (TPSA) is 78.2 Å². The third-order valence-corrected chi connectivity index (χ3v) is 6.60. The molecule has 4 aromatic rings. The molecule has 8 nitrogen and oxygen atoms in total. The maximum absolute atomic E-state index is 6.79. The summed E-state index contributed by atoms with van der Waals surface area (Å²) in [7, 11) is 4.10. The van der Waals surface area contributed by atoms with E-state index in [-0.39, 0.29) is 5.60 Å². The van der Waals surface area contributed by atoms with Gasteiger partial charge in [-0.25, -0.2) is 9.97 Å². The van der Waals surface area contributed by atoms with Crippen LogP contribution < -0.4 is 9.47 Å². The Morgan fingerprint density at radius 3 is 2.67 bits per heavy atom. The summed E-state index contributed by atoms with van der Waals surface area (Å²) in [4.78, 5) is 20.6. The van der Waals surface area contributed by atoms with Gasteiger partial charge in [0.2, 0.25) is 5.88 Å². The van der Waals surface area contributed by atoms with Crippen LogP contribution in [0.25, 0.3) is 22.6 Å². The van der Waals surface area contributed by atoms with E-state index in [1.807, 2.05) is 35.0 Å². The highest BCUT2D eigenvalue weighted by Gasteiger charge is 2.41. The zero-order chi connectivity index (χ0) is 25.3. The van der Waals surface area contributed by atoms with Gasteiger partial charge in [-0.2, -0.15) is 4.98 Å². The average molecular weight is 507 g/mol. The summed E-state index contributed by atoms with van der Waals surface area (Å²) >= 11 is 6.79. The summed E-state index contributed by atoms with van der Waals surface area (Å²) < 4.78 is 14.2. The van der Waals surface area contributed by atoms with Crippen molar-refractivity contribution in [3.63, 3.8) is 0 Å². The third-order valence-electron chi connectivity index (χ3n) is 6.29. The zero-order valence-corrected chi connectivity index (χ0v) is 21.9. The SMILES string of the molecule is Cc1ccnc(Cn2c(-c3ccc(OCCCN(C)C)cc3Cl)nc3c(OC4(C)CC4)ncnc32)c1. The zero-order valence-electron chi connectivity index (χ0n) is 21.2. The van der Waals surface area contributed by atoms with Crippen LogP contribution in [0.5, 0.6) is 11.6 Å². The van der Waals surface area contributed by atoms with E-state index in [1.54, 1.807) is 0 Å². The molecule has 0 amide bonds. The number of hydrogen-bond donors (Lipinski definition) is 0. The minimum absolute atomic E-state index is 0.188. The van der Waals surface area contributed by atoms with E-state index in [9.17, 15) is 0 Å². The number of pyridine rings is 1. The van der Waals surface area contributed by atoms with Crippen LogP contribution in [0.1, 0.15) is 37.4 Å². The van der Waals surface area contributed by atoms with Gasteiger partial charge in [0.1, 0.15) is 23.5 Å². The summed E-state index contributed by atoms with van der Waals surface area (Å²) in [5.41, 5.74) is 3.94. The molecule has 1 fully saturated rings. The fourth-order valence-corrected chi connectivity index (χ4v) is 4.30. The molecule has 3 heterocycles. The molecule has 0 bridgehead atoms. The van der Waals surface area contributed by atoms with Gasteiger partial charge in [-0.3, -0.25) is 4.98 Å². The van der Waals surface area contributed by atoms with Crippen LogP contribution in [-0.2, 0) is 6.54 Å². The Morgan fingerprint density at radius 2 is 1.94 bits per heavy atom. The lowest BCUT2D eigenvalue weighted by Gasteiger charge is -2.13. The van der Waals surface area contributed by atoms with Crippen molar-refractivity contribution in [3.05, 3.63) is 59.1 Å². The van der Waals surface area contributed by atoms with E-state index in [1.165, 1.54) is 6.33 Å². The van der Waals surface area contributed by atoms with Crippen LogP contribution in [0.3, 0.4) is 0 Å². The van der Waals surface area contributed by atoms with E-state index < -0.39 is 0 Å². The van der Waals surface area contributed by atoms with Crippen molar-refractivity contribution < 1.29 is 9.47 Å². The highest BCUT2D eigenvalue weighted by Crippen LogP contribution is 2.41. The molecule has 1 aliphatic rings. The van der Waals surface area contributed by atoms with Crippen molar-refractivity contribution in [2.24, 2.45) is 0 Å². The molecule has 0 unspecified atom stereocenters. The largest absolute Gasteiger partial charge is 0.493 e. The molecule has 0 saturated heterocycles. The van der Waals surface area contributed by atoms with Gasteiger partial charge in [0.05, 0.1) is 23.9 Å². The second kappa shape index (κ2) is 10.0. The molecular weight excluding hydrogens is 476 g/mol. The average Bonchev–Trinajstić information content (AvgIpc) is 3.45. The van der Waals surface area contributed by atoms with Crippen molar-refractivity contribution in [3.8, 4) is 23.0 Å². The predicted octanol–water partition coefficient (Wildman–Crippen LogP) is 5.16. The highest BCUT2D eigenvalue weighted by molar-refractivity contribution is 6.33. The molecule has 9 heteroatoms. The Kier molecular flexibility index (Phi) is 6.81. The Hall–Kier alpha value is -3.23. The lowest BCUT2D eigenvalue weighted by molar-refractivity contribution is 0.194. The number of aryl methyl sites for hydroxylation is 1. The quantitative estimate of drug-likeness (QED) is 0.275. The first-order valence-electron chi connectivity index (χ1n) is 12.2. The number of imidazole rings is 1. The van der Waals surface area contributed by atoms with Crippen LogP contribution in [-0.4, -0.2) is 62.3 Å². The van der Waals surface area contributed by atoms with Crippen molar-refractivity contribution in [1.82, 2.24) is 29.4 Å². The first-order valence-corrected chi connectivity index (χ1v) is 12.6. The number of halogens is 1. The maximum atomic E-state index is 6.79. The first kappa shape index (κ1) is 24.5. The summed E-state index contributed by atoms with van der Waals surface area (Å²) in [6.45, 7) is 6.22. The minimum Gasteiger partial charge on any atom is -0.493 e. The van der Waals surface area contributed by atoms with E-state index in [0.717, 1.165) is 48.4 Å². The van der Waals surface area contributed by atoms with Crippen molar-refractivity contribution in [2.75, 3.05) is 27.2 Å². The van der Waals surface area contributed by atoms with E-state index in [4.69, 9.17) is 26.1 Å². The monoisotopic (exact) mass is 506 g/mol. The number of hydrogen-bond acceptors (Lipinski definition) is 7. The number of benzene rings is 1. The normalized spacial score (nSPS) is 14.4. The Labute approximate surface area is 216 Å². The van der Waals surface area contributed by atoms with Crippen molar-refractivity contribution in [1.29, 1.82) is 0 Å². The first-order chi connectivity index (χ1) is 17.3. The lowest BCUT2D eigenvalue weighted by Crippen LogP contribution is -2.15. The number of fused-ring (bicyclic) bond motifs is 1. The van der Waals surface area contributed by atoms with Gasteiger partial charge in [0.15, 0.2) is 11.2 Å². The van der Waals surface area contributed by atoms with Crippen LogP contribution in [0.15, 0.2) is 42.9 Å². The molecule has 36 heavy (non-hydrogen) atoms. The van der Waals surface area contributed by atoms with Gasteiger partial charge < -0.3 is 18.9 Å². The second-order valence-corrected chi connectivity index (χ2v) is 10.3. The van der Waals surface area contributed by atoms with E-state index in [2.05, 4.69) is 53.9 Å². The van der Waals surface area contributed by atoms with Gasteiger partial charge >= 0.3 is 0 Å². The van der Waals surface area contributed by atoms with Crippen LogP contribution in [0.2, 0.25) is 5.02 Å². The van der Waals surface area contributed by atoms with Crippen molar-refractivity contribution >= 4 is 22.8 Å². The van der Waals surface area contributed by atoms with Crippen LogP contribution >= 0.6 is 11.6 Å². The van der Waals surface area contributed by atoms with E-state index >= 15 is 0 Å². The molecular formula is C27H31ClN6O2. The maximum Gasteiger partial charge on any atom is 0.245 e. The summed E-state index contributed by atoms with van der Waals surface area (Å²) in [5, 5.41) is 0.554. The molecule has 0 radical (unpaired) electrons. The van der Waals surface area contributed by atoms with E-state index in [0.29, 0.717) is 41.0 Å². The minimum atomic E-state index is -0.188. The molecule has 0 aliphatic heterocycles. The van der Waals surface area contributed by atoms with Gasteiger partial charge in [-0.05, 0) is 83.1 Å². The smallest absolute Gasteiger partial charge is 0.245 e. The van der Waals surface area contributed by atoms with Gasteiger partial charge in [0.25, 0.3) is 0 Å². The fraction of sp³-hybridized carbons (Fsp3) is 0.407. The molecule has 1 saturated carbocycles. The number of ether oxygens (including phenoxy) is 2. The highest BCUT2D eigenvalue weighted by atomic mass is 35.5. The molecule has 0 spiro atoms. The number of rotatable bonds is 10. The molecule has 1 aliphatic carbocycles. The number of aromatic nitrogens is 5. The van der Waals surface area contributed by atoms with Gasteiger partial charge in [-0.1, -0.05) is 11.6 Å². The molecule has 0 atom stereocenters. The Bertz CT molecular complexity index is 1380. The van der Waals surface area contributed by atoms with Gasteiger partial charge in [0, 0.05) is 18.3 Å². The fourth-order valence-electron chi connectivity index (χ4n) is 4.04. The second-order valence-electron chi connectivity index (χ2n) is 9.90. The summed E-state index contributed by atoms with van der Waals surface area (Å²) in [5.74, 6) is 1.91. The lowest BCUT2D eigenvalue weighted by atomic mass is 10.2. The van der Waals surface area contributed by atoms with Crippen LogP contribution in [0, 0.1) is 6.92 Å². The molecule has 0 N–H and O–H groups in total. The molecule has 188 valence electrons. The molecule has 3 aromatic heterocycles. The standard InChI is InChI=1S/C27H31ClN6O2/c1-18-8-11-29-19(14-18)16-34-24(21-7-6-20(15-22(21)28)35-13-5-12-33(3)4)32-23-25(34)30-17-31-26(23)36-27(2)9-10-27/h6-8,11,14-15,17H,5,9-10,12-13,16H2,1-4H3. The predicted molar refractivity (Wildman–Crippen MR) is 141 cm³/mol. The summed E-state index contributed by atoms with van der Waals surface area (Å²) in [6.07, 6.45) is 6.28. The number of nitrogens with zero attached hydrogens (tertiary/aromatic N) is 6. The Morgan fingerprint density at radius 1 is 1.11 bits per heavy atom. The molecule has 5 rings (SSSR count). The summed E-state index contributed by atoms with van der Waals surface area (Å²) in [6, 6.07) is 9.76. The van der Waals surface area contributed by atoms with Crippen molar-refractivity contribution in [2.45, 2.75) is 45.3 Å².